The third-order valence-electron chi connectivity index (χ3n) is 7.34. The number of fused-ring (bicyclic) bond motifs is 2. The minimum atomic E-state index is -0.440. The van der Waals surface area contributed by atoms with E-state index < -0.39 is 5.92 Å². The molecule has 0 radical (unpaired) electrons. The molecule has 4 aromatic rings. The highest BCUT2D eigenvalue weighted by atomic mass is 16.3. The molecule has 6 rings (SSSR count). The number of phenolic OH excluding ortho intramolecular Hbond substituents is 1. The van der Waals surface area contributed by atoms with Gasteiger partial charge in [-0.05, 0) is 53.8 Å². The van der Waals surface area contributed by atoms with Crippen LogP contribution in [0.3, 0.4) is 0 Å². The number of Topliss-reactive ketones (excluding diaryl/α,β-unsaturated/α-hetero) is 1. The minimum absolute atomic E-state index is 0.0554. The average molecular weight is 487 g/mol. The van der Waals surface area contributed by atoms with E-state index in [1.54, 1.807) is 30.3 Å². The fourth-order valence-corrected chi connectivity index (χ4v) is 5.47. The number of benzene rings is 4. The lowest BCUT2D eigenvalue weighted by Gasteiger charge is -2.34. The van der Waals surface area contributed by atoms with E-state index in [0.29, 0.717) is 29.7 Å². The summed E-state index contributed by atoms with van der Waals surface area (Å²) in [4.78, 5) is 31.9. The zero-order valence-corrected chi connectivity index (χ0v) is 20.2. The molecule has 2 N–H and O–H groups in total. The molecule has 37 heavy (non-hydrogen) atoms. The predicted octanol–water partition coefficient (Wildman–Crippen LogP) is 6.63. The molecule has 5 heteroatoms. The van der Waals surface area contributed by atoms with Crippen LogP contribution in [0.1, 0.15) is 51.8 Å². The van der Waals surface area contributed by atoms with Gasteiger partial charge >= 0.3 is 0 Å². The Morgan fingerprint density at radius 2 is 1.49 bits per heavy atom. The van der Waals surface area contributed by atoms with Crippen molar-refractivity contribution in [3.8, 4) is 5.75 Å². The summed E-state index contributed by atoms with van der Waals surface area (Å²) in [5, 5.41) is 13.4. The van der Waals surface area contributed by atoms with Gasteiger partial charge in [0.05, 0.1) is 23.3 Å². The summed E-state index contributed by atoms with van der Waals surface area (Å²) in [6, 6.07) is 31.4. The molecule has 0 bridgehead atoms. The van der Waals surface area contributed by atoms with Crippen LogP contribution >= 0.6 is 0 Å². The second-order valence-corrected chi connectivity index (χ2v) is 9.70. The van der Waals surface area contributed by atoms with E-state index in [1.807, 2.05) is 60.7 Å². The van der Waals surface area contributed by atoms with Crippen LogP contribution in [0.4, 0.5) is 11.4 Å². The molecular formula is C32H26N2O3. The molecule has 3 atom stereocenters. The van der Waals surface area contributed by atoms with Crippen LogP contribution < -0.4 is 5.32 Å². The number of ketones is 2. The third-order valence-corrected chi connectivity index (χ3v) is 7.34. The van der Waals surface area contributed by atoms with Crippen LogP contribution in [0.25, 0.3) is 0 Å². The van der Waals surface area contributed by atoms with Gasteiger partial charge in [0, 0.05) is 23.3 Å². The van der Waals surface area contributed by atoms with Crippen LogP contribution in [0.15, 0.2) is 108 Å². The van der Waals surface area contributed by atoms with Crippen molar-refractivity contribution in [2.24, 2.45) is 10.9 Å². The van der Waals surface area contributed by atoms with Crippen molar-refractivity contribution < 1.29 is 14.7 Å². The first-order valence-corrected chi connectivity index (χ1v) is 12.5. The topological polar surface area (TPSA) is 78.8 Å². The number of aliphatic imine (C=N–C) groups is 1. The van der Waals surface area contributed by atoms with E-state index in [4.69, 9.17) is 4.99 Å². The smallest absolute Gasteiger partial charge is 0.193 e. The molecule has 1 aliphatic carbocycles. The lowest BCUT2D eigenvalue weighted by molar-refractivity contribution is -0.122. The molecule has 2 aliphatic rings. The Kier molecular flexibility index (Phi) is 5.89. The molecule has 1 fully saturated rings. The van der Waals surface area contributed by atoms with Crippen LogP contribution in [0.2, 0.25) is 0 Å². The van der Waals surface area contributed by atoms with Gasteiger partial charge in [-0.3, -0.25) is 14.6 Å². The first-order valence-electron chi connectivity index (χ1n) is 12.5. The number of nitrogens with zero attached hydrogens (tertiary/aromatic N) is 1. The Morgan fingerprint density at radius 3 is 2.22 bits per heavy atom. The summed E-state index contributed by atoms with van der Waals surface area (Å²) < 4.78 is 0. The van der Waals surface area contributed by atoms with Gasteiger partial charge in [0.15, 0.2) is 5.78 Å². The second-order valence-electron chi connectivity index (χ2n) is 9.70. The first kappa shape index (κ1) is 22.9. The van der Waals surface area contributed by atoms with Crippen molar-refractivity contribution in [1.29, 1.82) is 0 Å². The lowest BCUT2D eigenvalue weighted by Crippen LogP contribution is -2.38. The highest BCUT2D eigenvalue weighted by Gasteiger charge is 2.41. The standard InChI is InChI=1S/C32H26N2O3/c35-25-14-11-21(12-15-25)31-30-28(18-24(19-29(30)36)20-7-3-1-4-8-20)33-27-17-23(13-16-26(27)34-31)32(37)22-9-5-2-6-10-22/h1-17,24,30-31,34-35H,18-19H2. The van der Waals surface area contributed by atoms with Gasteiger partial charge in [0.25, 0.3) is 0 Å². The highest BCUT2D eigenvalue weighted by Crippen LogP contribution is 2.44. The van der Waals surface area contributed by atoms with Crippen LogP contribution in [-0.4, -0.2) is 22.4 Å². The van der Waals surface area contributed by atoms with Gasteiger partial charge in [-0.15, -0.1) is 0 Å². The zero-order valence-electron chi connectivity index (χ0n) is 20.2. The van der Waals surface area contributed by atoms with Crippen LogP contribution in [0.5, 0.6) is 5.75 Å². The van der Waals surface area contributed by atoms with E-state index in [1.165, 1.54) is 0 Å². The van der Waals surface area contributed by atoms with Gasteiger partial charge in [0.1, 0.15) is 11.5 Å². The highest BCUT2D eigenvalue weighted by molar-refractivity contribution is 6.12. The SMILES string of the molecule is O=C(c1ccccc1)c1ccc2c(c1)N=C1CC(c3ccccc3)CC(=O)C1C(c1ccc(O)cc1)N2. The molecule has 0 spiro atoms. The average Bonchev–Trinajstić information content (AvgIpc) is 3.10. The fraction of sp³-hybridized carbons (Fsp3) is 0.156. The van der Waals surface area contributed by atoms with Gasteiger partial charge in [-0.2, -0.15) is 0 Å². The number of carbonyl (C=O) groups excluding carboxylic acids is 2. The largest absolute Gasteiger partial charge is 0.508 e. The Labute approximate surface area is 215 Å². The summed E-state index contributed by atoms with van der Waals surface area (Å²) in [6.45, 7) is 0. The molecule has 3 unspecified atom stereocenters. The Bertz CT molecular complexity index is 1490. The number of rotatable bonds is 4. The summed E-state index contributed by atoms with van der Waals surface area (Å²) in [6.07, 6.45) is 1.10. The summed E-state index contributed by atoms with van der Waals surface area (Å²) in [5.41, 5.74) is 5.45. The maximum Gasteiger partial charge on any atom is 0.193 e. The molecule has 0 amide bonds. The van der Waals surface area contributed by atoms with E-state index in [2.05, 4.69) is 17.4 Å². The molecule has 4 aromatic carbocycles. The summed E-state index contributed by atoms with van der Waals surface area (Å²) in [5.74, 6) is -0.140. The van der Waals surface area contributed by atoms with Gasteiger partial charge in [-0.1, -0.05) is 72.8 Å². The van der Waals surface area contributed by atoms with Crippen molar-refractivity contribution in [2.45, 2.75) is 24.8 Å². The van der Waals surface area contributed by atoms with Crippen molar-refractivity contribution >= 4 is 28.7 Å². The van der Waals surface area contributed by atoms with Crippen molar-refractivity contribution in [3.63, 3.8) is 0 Å². The number of hydrogen-bond donors (Lipinski definition) is 2. The monoisotopic (exact) mass is 486 g/mol. The number of phenols is 1. The maximum absolute atomic E-state index is 13.7. The van der Waals surface area contributed by atoms with Gasteiger partial charge < -0.3 is 10.4 Å². The van der Waals surface area contributed by atoms with Crippen molar-refractivity contribution in [3.05, 3.63) is 125 Å². The summed E-state index contributed by atoms with van der Waals surface area (Å²) >= 11 is 0. The Balaban J connectivity index is 1.45. The minimum Gasteiger partial charge on any atom is -0.508 e. The second kappa shape index (κ2) is 9.51. The number of nitrogens with one attached hydrogen (secondary N) is 1. The quantitative estimate of drug-likeness (QED) is 0.318. The van der Waals surface area contributed by atoms with E-state index in [9.17, 15) is 14.7 Å². The fourth-order valence-electron chi connectivity index (χ4n) is 5.47. The summed E-state index contributed by atoms with van der Waals surface area (Å²) in [7, 11) is 0. The van der Waals surface area contributed by atoms with Crippen molar-refractivity contribution in [1.82, 2.24) is 0 Å². The normalized spacial score (nSPS) is 20.6. The Hall–Kier alpha value is -4.51. The Morgan fingerprint density at radius 1 is 0.784 bits per heavy atom. The molecule has 0 aromatic heterocycles. The van der Waals surface area contributed by atoms with Crippen LogP contribution in [-0.2, 0) is 4.79 Å². The van der Waals surface area contributed by atoms with Gasteiger partial charge in [-0.25, -0.2) is 0 Å². The number of anilines is 1. The molecule has 0 saturated heterocycles. The van der Waals surface area contributed by atoms with E-state index in [-0.39, 0.29) is 29.3 Å². The molecule has 182 valence electrons. The molecule has 1 heterocycles. The predicted molar refractivity (Wildman–Crippen MR) is 145 cm³/mol. The van der Waals surface area contributed by atoms with Crippen LogP contribution in [0, 0.1) is 5.92 Å². The third kappa shape index (κ3) is 4.45. The first-order chi connectivity index (χ1) is 18.1. The molecular weight excluding hydrogens is 460 g/mol. The number of carbonyl (C=O) groups is 2. The van der Waals surface area contributed by atoms with Crippen molar-refractivity contribution in [2.75, 3.05) is 5.32 Å². The van der Waals surface area contributed by atoms with E-state index >= 15 is 0 Å². The molecule has 5 nitrogen and oxygen atoms in total. The molecule has 1 saturated carbocycles. The number of hydrogen-bond acceptors (Lipinski definition) is 5. The molecule has 1 aliphatic heterocycles. The lowest BCUT2D eigenvalue weighted by atomic mass is 9.72. The van der Waals surface area contributed by atoms with Gasteiger partial charge in [0.2, 0.25) is 0 Å². The van der Waals surface area contributed by atoms with E-state index in [0.717, 1.165) is 22.5 Å². The zero-order chi connectivity index (χ0) is 25.4. The maximum atomic E-state index is 13.7. The number of aromatic hydroxyl groups is 1.